The zero-order valence-electron chi connectivity index (χ0n) is 27.0. The van der Waals surface area contributed by atoms with Crippen LogP contribution >= 0.6 is 23.5 Å². The van der Waals surface area contributed by atoms with Crippen LogP contribution < -0.4 is 18.9 Å². The van der Waals surface area contributed by atoms with E-state index in [-0.39, 0.29) is 0 Å². The molecule has 0 bridgehead atoms. The number of thioether (sulfide) groups is 2. The van der Waals surface area contributed by atoms with Crippen molar-refractivity contribution in [3.05, 3.63) is 156 Å². The summed E-state index contributed by atoms with van der Waals surface area (Å²) >= 11 is 3.75. The summed E-state index contributed by atoms with van der Waals surface area (Å²) in [6.45, 7) is 6.20. The topological polar surface area (TPSA) is 14.2 Å². The smallest absolute Gasteiger partial charge is 0.169 e. The molecule has 0 spiro atoms. The van der Waals surface area contributed by atoms with Crippen molar-refractivity contribution in [2.45, 2.75) is 62.0 Å². The van der Waals surface area contributed by atoms with Gasteiger partial charge in [0, 0.05) is 60.0 Å². The van der Waals surface area contributed by atoms with Gasteiger partial charge in [0.25, 0.3) is 0 Å². The van der Waals surface area contributed by atoms with Crippen LogP contribution in [-0.4, -0.2) is 6.54 Å². The fraction of sp³-hybridized carbons (Fsp3) is 0.220. The molecular formula is C41H42N4S2+2. The molecule has 0 saturated carbocycles. The second kappa shape index (κ2) is 15.1. The molecule has 0 saturated heterocycles. The monoisotopic (exact) mass is 654 g/mol. The van der Waals surface area contributed by atoms with E-state index in [1.165, 1.54) is 60.8 Å². The highest BCUT2D eigenvalue weighted by molar-refractivity contribution is 8.04. The first-order valence-electron chi connectivity index (χ1n) is 16.8. The highest BCUT2D eigenvalue weighted by Crippen LogP contribution is 2.48. The molecule has 6 heteroatoms. The van der Waals surface area contributed by atoms with E-state index >= 15 is 0 Å². The van der Waals surface area contributed by atoms with Gasteiger partial charge in [-0.05, 0) is 59.5 Å². The highest BCUT2D eigenvalue weighted by Gasteiger charge is 2.27. The Hall–Kier alpha value is -4.26. The number of aryl methyl sites for hydroxylation is 2. The van der Waals surface area contributed by atoms with Gasteiger partial charge in [-0.15, -0.1) is 0 Å². The van der Waals surface area contributed by atoms with Gasteiger partial charge in [0.2, 0.25) is 0 Å². The maximum atomic E-state index is 2.52. The largest absolute Gasteiger partial charge is 0.335 e. The summed E-state index contributed by atoms with van der Waals surface area (Å²) in [5.41, 5.74) is 6.46. The van der Waals surface area contributed by atoms with Crippen LogP contribution in [-0.2, 0) is 19.6 Å². The number of nitrogens with zero attached hydrogens (tertiary/aromatic N) is 4. The molecule has 2 aromatic heterocycles. The second-order valence-corrected chi connectivity index (χ2v) is 14.2. The van der Waals surface area contributed by atoms with E-state index in [4.69, 9.17) is 0 Å². The molecule has 47 heavy (non-hydrogen) atoms. The van der Waals surface area contributed by atoms with Gasteiger partial charge in [0.15, 0.2) is 24.8 Å². The van der Waals surface area contributed by atoms with E-state index in [9.17, 15) is 0 Å². The van der Waals surface area contributed by atoms with Crippen LogP contribution in [0, 0.1) is 0 Å². The molecule has 0 atom stereocenters. The van der Waals surface area contributed by atoms with Gasteiger partial charge in [0.1, 0.15) is 13.1 Å². The summed E-state index contributed by atoms with van der Waals surface area (Å²) in [6.07, 6.45) is 18.2. The molecule has 0 radical (unpaired) electrons. The highest BCUT2D eigenvalue weighted by atomic mass is 32.2. The van der Waals surface area contributed by atoms with Crippen molar-refractivity contribution < 1.29 is 9.13 Å². The molecular weight excluding hydrogens is 613 g/mol. The minimum atomic E-state index is 0.861. The summed E-state index contributed by atoms with van der Waals surface area (Å²) in [4.78, 5) is 7.62. The van der Waals surface area contributed by atoms with Crippen LogP contribution in [0.25, 0.3) is 11.1 Å². The number of fused-ring (bicyclic) bond motifs is 2. The first-order valence-corrected chi connectivity index (χ1v) is 18.4. The molecule has 0 unspecified atom stereocenters. The number of anilines is 2. The van der Waals surface area contributed by atoms with Gasteiger partial charge >= 0.3 is 0 Å². The normalized spacial score (nSPS) is 15.4. The number of pyridine rings is 2. The molecule has 4 heterocycles. The molecule has 7 rings (SSSR count). The number of rotatable bonds is 12. The predicted molar refractivity (Wildman–Crippen MR) is 197 cm³/mol. The SMILES string of the molecule is CCCC[n+]1ccc(-c2cc[n+](CCCCN3/C(=C\C=C4\Sc5ccccc5N4Cc4ccccc4)Sc4ccccc43)cc2)cc1. The van der Waals surface area contributed by atoms with Gasteiger partial charge in [-0.2, -0.15) is 0 Å². The van der Waals surface area contributed by atoms with Crippen LogP contribution in [0.5, 0.6) is 0 Å². The van der Waals surface area contributed by atoms with Crippen molar-refractivity contribution in [3.8, 4) is 11.1 Å². The summed E-state index contributed by atoms with van der Waals surface area (Å²) in [6, 6.07) is 37.3. The predicted octanol–water partition coefficient (Wildman–Crippen LogP) is 9.62. The zero-order valence-corrected chi connectivity index (χ0v) is 28.7. The van der Waals surface area contributed by atoms with Gasteiger partial charge in [0.05, 0.1) is 21.4 Å². The molecule has 3 aromatic carbocycles. The number of unbranched alkanes of at least 4 members (excludes halogenated alkanes) is 2. The van der Waals surface area contributed by atoms with Crippen molar-refractivity contribution in [2.24, 2.45) is 0 Å². The number of hydrogen-bond donors (Lipinski definition) is 0. The van der Waals surface area contributed by atoms with Gasteiger partial charge in [-0.1, -0.05) is 91.5 Å². The summed E-state index contributed by atoms with van der Waals surface area (Å²) in [5.74, 6) is 0. The third-order valence-electron chi connectivity index (χ3n) is 8.76. The Morgan fingerprint density at radius 1 is 0.553 bits per heavy atom. The van der Waals surface area contributed by atoms with Crippen molar-refractivity contribution >= 4 is 34.9 Å². The average molecular weight is 655 g/mol. The third kappa shape index (κ3) is 7.50. The van der Waals surface area contributed by atoms with E-state index in [1.54, 1.807) is 0 Å². The Labute approximate surface area is 288 Å². The summed E-state index contributed by atoms with van der Waals surface area (Å²) in [7, 11) is 0. The Balaban J connectivity index is 1.01. The standard InChI is InChI=1S/C41H42N4S2/c1-2-3-25-42-28-21-34(22-29-42)35-23-30-43(31-24-35)26-11-12-27-44-36-15-7-9-17-38(36)46-40(44)19-20-41-45(32-33-13-5-4-6-14-33)37-16-8-10-18-39(37)47-41/h4-10,13-24,28-31H,2-3,11-12,25-27,32H2,1H3/q+2/b40-19+,41-20+. The zero-order chi connectivity index (χ0) is 31.8. The molecule has 0 fully saturated rings. The Bertz CT molecular complexity index is 1850. The van der Waals surface area contributed by atoms with E-state index in [2.05, 4.69) is 166 Å². The lowest BCUT2D eigenvalue weighted by atomic mass is 10.1. The number of para-hydroxylation sites is 2. The average Bonchev–Trinajstić information content (AvgIpc) is 3.66. The second-order valence-electron chi connectivity index (χ2n) is 12.1. The first-order chi connectivity index (χ1) is 23.2. The van der Waals surface area contributed by atoms with Crippen LogP contribution in [0.3, 0.4) is 0 Å². The lowest BCUT2D eigenvalue weighted by molar-refractivity contribution is -0.697. The van der Waals surface area contributed by atoms with Crippen LogP contribution in [0.15, 0.2) is 160 Å². The molecule has 5 aromatic rings. The summed E-state index contributed by atoms with van der Waals surface area (Å²) in [5, 5.41) is 2.57. The number of allylic oxidation sites excluding steroid dienone is 2. The molecule has 4 nitrogen and oxygen atoms in total. The quantitative estimate of drug-likeness (QED) is 0.0982. The van der Waals surface area contributed by atoms with Gasteiger partial charge < -0.3 is 9.80 Å². The first kappa shape index (κ1) is 31.3. The molecule has 236 valence electrons. The maximum Gasteiger partial charge on any atom is 0.169 e. The molecule has 2 aliphatic rings. The third-order valence-corrected chi connectivity index (χ3v) is 11.0. The van der Waals surface area contributed by atoms with E-state index in [1.807, 2.05) is 23.5 Å². The van der Waals surface area contributed by atoms with Crippen LogP contribution in [0.1, 0.15) is 38.2 Å². The molecule has 2 aliphatic heterocycles. The fourth-order valence-corrected chi connectivity index (χ4v) is 8.31. The van der Waals surface area contributed by atoms with Crippen LogP contribution in [0.2, 0.25) is 0 Å². The van der Waals surface area contributed by atoms with Gasteiger partial charge in [-0.25, -0.2) is 9.13 Å². The molecule has 0 aliphatic carbocycles. The minimum Gasteiger partial charge on any atom is -0.335 e. The van der Waals surface area contributed by atoms with Crippen molar-refractivity contribution in [2.75, 3.05) is 16.3 Å². The van der Waals surface area contributed by atoms with Gasteiger partial charge in [-0.3, -0.25) is 0 Å². The van der Waals surface area contributed by atoms with E-state index in [0.29, 0.717) is 0 Å². The lowest BCUT2D eigenvalue weighted by Gasteiger charge is -2.21. The minimum absolute atomic E-state index is 0.861. The number of hydrogen-bond acceptors (Lipinski definition) is 4. The molecule has 0 N–H and O–H groups in total. The van der Waals surface area contributed by atoms with Crippen molar-refractivity contribution in [1.29, 1.82) is 0 Å². The fourth-order valence-electron chi connectivity index (χ4n) is 6.16. The number of benzene rings is 3. The summed E-state index contributed by atoms with van der Waals surface area (Å²) < 4.78 is 4.59. The molecule has 0 amide bonds. The lowest BCUT2D eigenvalue weighted by Crippen LogP contribution is -2.33. The number of aromatic nitrogens is 2. The Morgan fingerprint density at radius 3 is 1.66 bits per heavy atom. The Morgan fingerprint density at radius 2 is 1.06 bits per heavy atom. The van der Waals surface area contributed by atoms with E-state index < -0.39 is 0 Å². The van der Waals surface area contributed by atoms with Crippen molar-refractivity contribution in [1.82, 2.24) is 0 Å². The van der Waals surface area contributed by atoms with Crippen LogP contribution in [0.4, 0.5) is 11.4 Å². The maximum absolute atomic E-state index is 2.52. The van der Waals surface area contributed by atoms with Crippen molar-refractivity contribution in [3.63, 3.8) is 0 Å². The van der Waals surface area contributed by atoms with E-state index in [0.717, 1.165) is 39.0 Å². The Kier molecular flexibility index (Phi) is 10.1.